The number of hydrogen-bond acceptors (Lipinski definition) is 3. The molecule has 1 atom stereocenters. The molecule has 2 N–H and O–H groups in total. The van der Waals surface area contributed by atoms with Crippen LogP contribution in [0.5, 0.6) is 0 Å². The molecule has 4 nitrogen and oxygen atoms in total. The molecule has 19 heavy (non-hydrogen) atoms. The van der Waals surface area contributed by atoms with Crippen LogP contribution in [0.25, 0.3) is 0 Å². The molecule has 0 saturated heterocycles. The van der Waals surface area contributed by atoms with Crippen LogP contribution in [0, 0.1) is 0 Å². The van der Waals surface area contributed by atoms with Crippen LogP contribution in [0.3, 0.4) is 0 Å². The van der Waals surface area contributed by atoms with Crippen LogP contribution in [0.2, 0.25) is 5.02 Å². The number of aryl methyl sites for hydroxylation is 1. The van der Waals surface area contributed by atoms with Crippen LogP contribution in [0.4, 0.5) is 0 Å². The fourth-order valence-electron chi connectivity index (χ4n) is 1.90. The maximum Gasteiger partial charge on any atom is 0.138 e. The molecule has 0 aliphatic rings. The van der Waals surface area contributed by atoms with E-state index in [9.17, 15) is 0 Å². The van der Waals surface area contributed by atoms with E-state index in [1.54, 1.807) is 6.33 Å². The van der Waals surface area contributed by atoms with E-state index in [0.717, 1.165) is 28.8 Å². The van der Waals surface area contributed by atoms with Crippen molar-refractivity contribution in [2.45, 2.75) is 32.4 Å². The van der Waals surface area contributed by atoms with Crippen molar-refractivity contribution < 1.29 is 0 Å². The summed E-state index contributed by atoms with van der Waals surface area (Å²) in [5.74, 6) is 0.911. The lowest BCUT2D eigenvalue weighted by atomic mass is 10.0. The zero-order valence-corrected chi connectivity index (χ0v) is 13.0. The first kappa shape index (κ1) is 14.5. The molecular weight excluding hydrogens is 328 g/mol. The van der Waals surface area contributed by atoms with Gasteiger partial charge in [-0.2, -0.15) is 5.10 Å². The lowest BCUT2D eigenvalue weighted by Crippen LogP contribution is -2.17. The zero-order valence-electron chi connectivity index (χ0n) is 10.7. The van der Waals surface area contributed by atoms with Gasteiger partial charge in [-0.1, -0.05) is 24.6 Å². The number of nitrogens with zero attached hydrogens (tertiary/aromatic N) is 3. The summed E-state index contributed by atoms with van der Waals surface area (Å²) in [6, 6.07) is 5.64. The van der Waals surface area contributed by atoms with Gasteiger partial charge < -0.3 is 5.73 Å². The molecule has 0 aliphatic carbocycles. The predicted molar refractivity (Wildman–Crippen MR) is 80.1 cm³/mol. The summed E-state index contributed by atoms with van der Waals surface area (Å²) in [5, 5.41) is 4.87. The zero-order chi connectivity index (χ0) is 13.8. The summed E-state index contributed by atoms with van der Waals surface area (Å²) in [4.78, 5) is 4.27. The van der Waals surface area contributed by atoms with Crippen molar-refractivity contribution >= 4 is 27.5 Å². The van der Waals surface area contributed by atoms with E-state index in [0.29, 0.717) is 11.4 Å². The van der Waals surface area contributed by atoms with Gasteiger partial charge in [-0.25, -0.2) is 4.98 Å². The highest BCUT2D eigenvalue weighted by atomic mass is 79.9. The van der Waals surface area contributed by atoms with E-state index in [2.05, 4.69) is 32.9 Å². The Balaban J connectivity index is 2.13. The lowest BCUT2D eigenvalue weighted by molar-refractivity contribution is 0.548. The van der Waals surface area contributed by atoms with E-state index in [1.807, 2.05) is 22.9 Å². The van der Waals surface area contributed by atoms with Crippen molar-refractivity contribution in [1.29, 1.82) is 0 Å². The monoisotopic (exact) mass is 342 g/mol. The molecule has 0 saturated carbocycles. The molecule has 1 aromatic carbocycles. The molecule has 0 radical (unpaired) electrons. The Kier molecular flexibility index (Phi) is 4.96. The highest BCUT2D eigenvalue weighted by Gasteiger charge is 2.13. The summed E-state index contributed by atoms with van der Waals surface area (Å²) < 4.78 is 2.78. The van der Waals surface area contributed by atoms with Crippen LogP contribution in [0.1, 0.15) is 30.8 Å². The molecule has 0 amide bonds. The molecule has 1 heterocycles. The molecule has 6 heteroatoms. The first-order valence-electron chi connectivity index (χ1n) is 6.19. The number of hydrogen-bond donors (Lipinski definition) is 1. The predicted octanol–water partition coefficient (Wildman–Crippen LogP) is 3.35. The Morgan fingerprint density at radius 2 is 2.26 bits per heavy atom. The highest BCUT2D eigenvalue weighted by molar-refractivity contribution is 9.10. The lowest BCUT2D eigenvalue weighted by Gasteiger charge is -2.13. The fraction of sp³-hybridized carbons (Fsp3) is 0.385. The van der Waals surface area contributed by atoms with Crippen LogP contribution in [-0.4, -0.2) is 14.8 Å². The molecule has 0 spiro atoms. The Morgan fingerprint density at radius 3 is 2.95 bits per heavy atom. The van der Waals surface area contributed by atoms with E-state index >= 15 is 0 Å². The van der Waals surface area contributed by atoms with Crippen LogP contribution < -0.4 is 5.73 Å². The molecule has 0 bridgehead atoms. The minimum absolute atomic E-state index is 0.134. The summed E-state index contributed by atoms with van der Waals surface area (Å²) >= 11 is 9.46. The Labute approximate surface area is 126 Å². The van der Waals surface area contributed by atoms with Gasteiger partial charge in [0, 0.05) is 23.5 Å². The van der Waals surface area contributed by atoms with Crippen molar-refractivity contribution in [1.82, 2.24) is 14.8 Å². The molecule has 2 rings (SSSR count). The van der Waals surface area contributed by atoms with Gasteiger partial charge in [-0.3, -0.25) is 4.68 Å². The van der Waals surface area contributed by atoms with Crippen LogP contribution in [0.15, 0.2) is 29.0 Å². The third-order valence-corrected chi connectivity index (χ3v) is 4.14. The molecule has 2 aromatic rings. The van der Waals surface area contributed by atoms with Crippen molar-refractivity contribution in [3.8, 4) is 0 Å². The standard InChI is InChI=1S/C13H16BrClN4/c1-2-5-19-13(17-8-18-19)7-12(16)9-3-4-10(14)11(15)6-9/h3-4,6,8,12H,2,5,7,16H2,1H3. The van der Waals surface area contributed by atoms with Crippen molar-refractivity contribution in [3.63, 3.8) is 0 Å². The quantitative estimate of drug-likeness (QED) is 0.906. The van der Waals surface area contributed by atoms with E-state index in [-0.39, 0.29) is 6.04 Å². The average molecular weight is 344 g/mol. The van der Waals surface area contributed by atoms with Gasteiger partial charge in [-0.15, -0.1) is 0 Å². The van der Waals surface area contributed by atoms with Gasteiger partial charge in [0.1, 0.15) is 12.2 Å². The average Bonchev–Trinajstić information content (AvgIpc) is 2.80. The first-order valence-corrected chi connectivity index (χ1v) is 7.36. The molecule has 0 aliphatic heterocycles. The van der Waals surface area contributed by atoms with Gasteiger partial charge in [0.2, 0.25) is 0 Å². The molecule has 102 valence electrons. The number of benzene rings is 1. The Morgan fingerprint density at radius 1 is 1.47 bits per heavy atom. The van der Waals surface area contributed by atoms with Crippen molar-refractivity contribution in [2.75, 3.05) is 0 Å². The Hall–Kier alpha value is -0.910. The minimum Gasteiger partial charge on any atom is -0.324 e. The van der Waals surface area contributed by atoms with E-state index in [1.165, 1.54) is 0 Å². The number of aromatic nitrogens is 3. The normalized spacial score (nSPS) is 12.6. The third kappa shape index (κ3) is 3.55. The molecule has 1 unspecified atom stereocenters. The minimum atomic E-state index is -0.134. The van der Waals surface area contributed by atoms with Gasteiger partial charge in [0.05, 0.1) is 5.02 Å². The third-order valence-electron chi connectivity index (χ3n) is 2.91. The van der Waals surface area contributed by atoms with E-state index < -0.39 is 0 Å². The fourth-order valence-corrected chi connectivity index (χ4v) is 2.34. The second-order valence-corrected chi connectivity index (χ2v) is 5.65. The van der Waals surface area contributed by atoms with Gasteiger partial charge >= 0.3 is 0 Å². The topological polar surface area (TPSA) is 56.7 Å². The van der Waals surface area contributed by atoms with Crippen LogP contribution >= 0.6 is 27.5 Å². The molecule has 1 aromatic heterocycles. The number of nitrogens with two attached hydrogens (primary N) is 1. The molecule has 0 fully saturated rings. The van der Waals surface area contributed by atoms with E-state index in [4.69, 9.17) is 17.3 Å². The second kappa shape index (κ2) is 6.50. The van der Waals surface area contributed by atoms with Crippen molar-refractivity contribution in [3.05, 3.63) is 45.4 Å². The largest absolute Gasteiger partial charge is 0.324 e. The van der Waals surface area contributed by atoms with Gasteiger partial charge in [-0.05, 0) is 40.0 Å². The van der Waals surface area contributed by atoms with Gasteiger partial charge in [0.25, 0.3) is 0 Å². The Bertz CT molecular complexity index is 555. The SMILES string of the molecule is CCCn1ncnc1CC(N)c1ccc(Br)c(Cl)c1. The van der Waals surface area contributed by atoms with Gasteiger partial charge in [0.15, 0.2) is 0 Å². The van der Waals surface area contributed by atoms with Crippen LogP contribution in [-0.2, 0) is 13.0 Å². The second-order valence-electron chi connectivity index (χ2n) is 4.38. The number of rotatable bonds is 5. The summed E-state index contributed by atoms with van der Waals surface area (Å²) in [6.45, 7) is 2.98. The smallest absolute Gasteiger partial charge is 0.138 e. The summed E-state index contributed by atoms with van der Waals surface area (Å²) in [6.07, 6.45) is 3.25. The molecular formula is C13H16BrClN4. The first-order chi connectivity index (χ1) is 9.11. The van der Waals surface area contributed by atoms with Crippen molar-refractivity contribution in [2.24, 2.45) is 5.73 Å². The highest BCUT2D eigenvalue weighted by Crippen LogP contribution is 2.26. The summed E-state index contributed by atoms with van der Waals surface area (Å²) in [7, 11) is 0. The maximum atomic E-state index is 6.22. The number of halogens is 2. The summed E-state index contributed by atoms with van der Waals surface area (Å²) in [5.41, 5.74) is 7.21. The maximum absolute atomic E-state index is 6.22.